The van der Waals surface area contributed by atoms with Crippen molar-refractivity contribution < 1.29 is 123 Å². The van der Waals surface area contributed by atoms with Crippen LogP contribution in [-0.2, 0) is 67.2 Å². The number of carbonyl (C=O) groups is 13. The van der Waals surface area contributed by atoms with E-state index in [-0.39, 0.29) is 87.5 Å². The van der Waals surface area contributed by atoms with E-state index in [1.807, 2.05) is 36.4 Å². The number of nitrogens with two attached hydrogens (primary N) is 7. The van der Waals surface area contributed by atoms with Crippen LogP contribution in [0.5, 0.6) is 5.75 Å². The normalized spacial score (nSPS) is 11.0. The van der Waals surface area contributed by atoms with Crippen molar-refractivity contribution >= 4 is 116 Å². The van der Waals surface area contributed by atoms with Crippen LogP contribution in [0.4, 0.5) is 4.39 Å². The van der Waals surface area contributed by atoms with E-state index in [4.69, 9.17) is 113 Å². The van der Waals surface area contributed by atoms with Crippen LogP contribution in [0.2, 0.25) is 10.0 Å². The third kappa shape index (κ3) is 59.7. The smallest absolute Gasteiger partial charge is 0.320 e. The van der Waals surface area contributed by atoms with E-state index in [0.717, 1.165) is 21.2 Å². The van der Waals surface area contributed by atoms with E-state index in [1.54, 1.807) is 98.1 Å². The fourth-order valence-electron chi connectivity index (χ4n) is 6.37. The van der Waals surface area contributed by atoms with Gasteiger partial charge in [-0.1, -0.05) is 124 Å². The first-order chi connectivity index (χ1) is 49.0. The molecular weight excluding hydrogens is 1490 g/mol. The highest BCUT2D eigenvalue weighted by atomic mass is 79.9. The van der Waals surface area contributed by atoms with Gasteiger partial charge >= 0.3 is 59.7 Å². The van der Waals surface area contributed by atoms with E-state index in [9.17, 15) is 66.7 Å². The monoisotopic (exact) mass is 1580 g/mol. The van der Waals surface area contributed by atoms with Crippen molar-refractivity contribution in [2.24, 2.45) is 40.1 Å². The zero-order chi connectivity index (χ0) is 81.3. The Morgan fingerprint density at radius 2 is 0.695 bits per heavy atom. The first-order valence-electron chi connectivity index (χ1n) is 30.7. The second-order valence-corrected chi connectivity index (χ2v) is 22.8. The summed E-state index contributed by atoms with van der Waals surface area (Å²) in [6.07, 6.45) is 1.39. The molecular formula is C70H89BrCl2FN7O24. The molecule has 0 heterocycles. The summed E-state index contributed by atoms with van der Waals surface area (Å²) in [5, 5.41) is 83.0. The van der Waals surface area contributed by atoms with Gasteiger partial charge in [-0.15, -0.1) is 0 Å². The molecule has 0 aliphatic carbocycles. The number of carboxylic acid groups (broad SMARTS) is 10. The zero-order valence-electron chi connectivity index (χ0n) is 57.3. The molecule has 0 saturated heterocycles. The number of Topliss-reactive ketones (excluding diaryl/α,β-unsaturated/α-hetero) is 3. The Labute approximate surface area is 621 Å². The SMILES string of the molecule is CC(N)C(=O)O.CC(N)C(=O)O.COc1ccc(C(=O)CCC(=O)O)cc1.NC(Cc1cc(Cl)cc(Cl)c1)C(=O)O.NC(Cc1ccc(F)cc1)C(=O)O.NC(Cc1ccccc1)C(=O)O.NCC(=O)O.NCCCC(=O)O.O=C(O)CCC(=O)c1ccc(Br)cc1.O=C(O)CCC(=O)c1ccccc1. The minimum Gasteiger partial charge on any atom is -0.497 e. The maximum absolute atomic E-state index is 12.4. The second-order valence-electron chi connectivity index (χ2n) is 21.0. The first kappa shape index (κ1) is 101. The Morgan fingerprint density at radius 1 is 0.400 bits per heavy atom. The molecule has 24 N–H and O–H groups in total. The number of hydrogen-bond acceptors (Lipinski definition) is 21. The number of carbonyl (C=O) groups excluding carboxylic acids is 3. The van der Waals surface area contributed by atoms with Gasteiger partial charge in [-0.05, 0) is 129 Å². The predicted octanol–water partition coefficient (Wildman–Crippen LogP) is 7.02. The number of carboxylic acids is 10. The quantitative estimate of drug-likeness (QED) is 0.0219. The van der Waals surface area contributed by atoms with Gasteiger partial charge in [0, 0.05) is 56.9 Å². The molecule has 576 valence electrons. The van der Waals surface area contributed by atoms with Crippen molar-refractivity contribution in [2.45, 2.75) is 115 Å². The lowest BCUT2D eigenvalue weighted by molar-refractivity contribution is -0.139. The van der Waals surface area contributed by atoms with Gasteiger partial charge < -0.3 is 95.9 Å². The molecule has 31 nitrogen and oxygen atoms in total. The molecule has 6 aromatic carbocycles. The number of halogens is 4. The summed E-state index contributed by atoms with van der Waals surface area (Å²) < 4.78 is 18.3. The third-order valence-corrected chi connectivity index (χ3v) is 12.9. The van der Waals surface area contributed by atoms with Crippen LogP contribution in [0.25, 0.3) is 0 Å². The predicted molar refractivity (Wildman–Crippen MR) is 390 cm³/mol. The number of aliphatic carboxylic acids is 10. The summed E-state index contributed by atoms with van der Waals surface area (Å²) in [5.41, 5.74) is 39.3. The molecule has 0 aliphatic heterocycles. The number of rotatable bonds is 28. The number of ketones is 3. The summed E-state index contributed by atoms with van der Waals surface area (Å²) >= 11 is 14.7. The van der Waals surface area contributed by atoms with Crippen molar-refractivity contribution in [2.75, 3.05) is 20.2 Å². The highest BCUT2D eigenvalue weighted by molar-refractivity contribution is 9.10. The summed E-state index contributed by atoms with van der Waals surface area (Å²) in [6, 6.07) is 37.9. The van der Waals surface area contributed by atoms with Crippen LogP contribution in [-0.4, -0.2) is 179 Å². The Balaban J connectivity index is -0.000000550. The van der Waals surface area contributed by atoms with Gasteiger partial charge in [-0.3, -0.25) is 62.3 Å². The first-order valence-corrected chi connectivity index (χ1v) is 32.3. The minimum atomic E-state index is -1.05. The van der Waals surface area contributed by atoms with Gasteiger partial charge in [0.1, 0.15) is 41.8 Å². The topological polar surface area (TPSA) is 616 Å². The fourth-order valence-corrected chi connectivity index (χ4v) is 7.21. The molecule has 35 heteroatoms. The highest BCUT2D eigenvalue weighted by Crippen LogP contribution is 2.20. The summed E-state index contributed by atoms with van der Waals surface area (Å²) in [6.45, 7) is 3.02. The van der Waals surface area contributed by atoms with Crippen molar-refractivity contribution in [3.05, 3.63) is 205 Å². The fraction of sp³-hybridized carbons (Fsp3) is 0.300. The Hall–Kier alpha value is -10.5. The number of hydrogen-bond donors (Lipinski definition) is 17. The lowest BCUT2D eigenvalue weighted by atomic mass is 10.1. The minimum absolute atomic E-state index is 0.0294. The molecule has 5 atom stereocenters. The summed E-state index contributed by atoms with van der Waals surface area (Å²) in [4.78, 5) is 134. The van der Waals surface area contributed by atoms with E-state index < -0.39 is 89.9 Å². The Bertz CT molecular complexity index is 3570. The van der Waals surface area contributed by atoms with Crippen LogP contribution >= 0.6 is 39.1 Å². The average molecular weight is 1580 g/mol. The van der Waals surface area contributed by atoms with Crippen molar-refractivity contribution in [3.63, 3.8) is 0 Å². The molecule has 0 bridgehead atoms. The van der Waals surface area contributed by atoms with Gasteiger partial charge in [0.2, 0.25) is 0 Å². The molecule has 0 radical (unpaired) electrons. The lowest BCUT2D eigenvalue weighted by Gasteiger charge is -2.06. The molecule has 0 fully saturated rings. The standard InChI is InChI=1S/C11H12O4.C10H9BrO3.C10H10O3.C9H9Cl2NO2.C9H10FNO2.C9H11NO2.C4H9NO2.2C3H7NO2.C2H5NO2/c1-15-9-4-2-8(3-5-9)10(12)6-7-11(13)14;11-8-3-1-7(2-4-8)9(12)5-6-10(13)14;11-9(6-7-10(12)13)8-4-2-1-3-5-8;10-6-1-5(2-7(11)4-6)3-8(12)9(13)14;10-7-3-1-6(2-4-7)5-8(11)9(12)13;10-8(9(11)12)6-7-4-2-1-3-5-7;5-3-1-2-4(6)7;2*1-2(4)3(5)6;3-1-2(4)5/h2-5H,6-7H2,1H3,(H,13,14);1-4H,5-6H2,(H,13,14);1-5H,6-7H2,(H,12,13);1-2,4,8H,3,12H2,(H,13,14);1-4,8H,5,11H2,(H,12,13);1-5,8H,6,10H2,(H,11,12);1-3,5H2,(H,6,7);2*2H,4H2,1H3,(H,5,6);1,3H2,(H,4,5). The van der Waals surface area contributed by atoms with Crippen molar-refractivity contribution in [3.8, 4) is 5.75 Å². The van der Waals surface area contributed by atoms with E-state index in [0.29, 0.717) is 51.9 Å². The largest absolute Gasteiger partial charge is 0.497 e. The number of benzene rings is 6. The van der Waals surface area contributed by atoms with E-state index >= 15 is 0 Å². The van der Waals surface area contributed by atoms with Gasteiger partial charge in [-0.2, -0.15) is 0 Å². The number of ether oxygens (including phenoxy) is 1. The lowest BCUT2D eigenvalue weighted by Crippen LogP contribution is -2.32. The van der Waals surface area contributed by atoms with Crippen LogP contribution in [0, 0.1) is 5.82 Å². The summed E-state index contributed by atoms with van der Waals surface area (Å²) in [5.74, 6) is -9.67. The average Bonchev–Trinajstić information content (AvgIpc) is 0.902. The second kappa shape index (κ2) is 60.0. The number of methoxy groups -OCH3 is 1. The maximum Gasteiger partial charge on any atom is 0.320 e. The molecule has 5 unspecified atom stereocenters. The van der Waals surface area contributed by atoms with Gasteiger partial charge in [0.05, 0.1) is 32.9 Å². The van der Waals surface area contributed by atoms with Crippen LogP contribution < -0.4 is 44.9 Å². The van der Waals surface area contributed by atoms with Crippen LogP contribution in [0.15, 0.2) is 156 Å². The van der Waals surface area contributed by atoms with Crippen molar-refractivity contribution in [1.82, 2.24) is 0 Å². The van der Waals surface area contributed by atoms with Gasteiger partial charge in [0.25, 0.3) is 0 Å². The molecule has 0 spiro atoms. The summed E-state index contributed by atoms with van der Waals surface area (Å²) in [7, 11) is 1.54. The molecule has 0 aromatic heterocycles. The van der Waals surface area contributed by atoms with E-state index in [1.165, 1.54) is 38.1 Å². The molecule has 0 saturated carbocycles. The zero-order valence-corrected chi connectivity index (χ0v) is 60.4. The molecule has 0 amide bonds. The molecule has 6 aromatic rings. The van der Waals surface area contributed by atoms with Gasteiger partial charge in [-0.25, -0.2) is 4.39 Å². The van der Waals surface area contributed by atoms with Gasteiger partial charge in [0.15, 0.2) is 17.3 Å². The molecule has 105 heavy (non-hydrogen) atoms. The third-order valence-electron chi connectivity index (χ3n) is 11.9. The Morgan fingerprint density at radius 3 is 0.971 bits per heavy atom. The Kier molecular flexibility index (Phi) is 57.7. The van der Waals surface area contributed by atoms with Crippen molar-refractivity contribution in [1.29, 1.82) is 0 Å². The maximum atomic E-state index is 12.4. The van der Waals surface area contributed by atoms with Crippen LogP contribution in [0.1, 0.15) is 113 Å². The molecule has 0 aliphatic rings. The highest BCUT2D eigenvalue weighted by Gasteiger charge is 2.15. The van der Waals surface area contributed by atoms with Crippen LogP contribution in [0.3, 0.4) is 0 Å². The molecule has 6 rings (SSSR count). The van der Waals surface area contributed by atoms with E-state index in [2.05, 4.69) is 21.7 Å².